The number of H-pyrrole nitrogens is 1. The lowest BCUT2D eigenvalue weighted by Gasteiger charge is -2.39. The number of fused-ring (bicyclic) bond motifs is 1. The third-order valence-corrected chi connectivity index (χ3v) is 15.7. The number of anilines is 3. The Labute approximate surface area is 385 Å². The third kappa shape index (κ3) is 9.42. The molecule has 9 rings (SSSR count). The van der Waals surface area contributed by atoms with E-state index < -0.39 is 33.2 Å². The first-order valence-electron chi connectivity index (χ1n) is 21.6. The number of pyridine rings is 2. The Bertz CT molecular complexity index is 2690. The van der Waals surface area contributed by atoms with Crippen molar-refractivity contribution in [2.24, 2.45) is 0 Å². The highest BCUT2D eigenvalue weighted by molar-refractivity contribution is 7.89. The number of carbonyl (C=O) groups excluding carboxylic acids is 3. The van der Waals surface area contributed by atoms with Crippen LogP contribution in [0.4, 0.5) is 26.4 Å². The van der Waals surface area contributed by atoms with Crippen molar-refractivity contribution in [1.82, 2.24) is 39.6 Å². The van der Waals surface area contributed by atoms with Crippen LogP contribution >= 0.6 is 23.2 Å². The normalized spacial score (nSPS) is 18.9. The van der Waals surface area contributed by atoms with Gasteiger partial charge in [0.25, 0.3) is 0 Å². The van der Waals surface area contributed by atoms with Crippen LogP contribution in [0.2, 0.25) is 10.0 Å². The molecular formula is C44H48Cl2FN11O6S. The first-order valence-corrected chi connectivity index (χ1v) is 23.9. The lowest BCUT2D eigenvalue weighted by Crippen LogP contribution is -2.54. The summed E-state index contributed by atoms with van der Waals surface area (Å²) in [7, 11) is -3.58. The van der Waals surface area contributed by atoms with Crippen LogP contribution < -0.4 is 24.8 Å². The van der Waals surface area contributed by atoms with Gasteiger partial charge in [-0.25, -0.2) is 22.6 Å². The zero-order valence-corrected chi connectivity index (χ0v) is 38.0. The highest BCUT2D eigenvalue weighted by Gasteiger charge is 2.38. The molecule has 3 aromatic heterocycles. The summed E-state index contributed by atoms with van der Waals surface area (Å²) < 4.78 is 50.7. The van der Waals surface area contributed by atoms with Crippen LogP contribution in [-0.2, 0) is 19.6 Å². The molecule has 4 saturated heterocycles. The van der Waals surface area contributed by atoms with E-state index in [1.807, 2.05) is 47.1 Å². The molecule has 342 valence electrons. The van der Waals surface area contributed by atoms with Crippen LogP contribution in [0.1, 0.15) is 37.9 Å². The number of aromatic nitrogens is 4. The molecule has 2 N–H and O–H groups in total. The van der Waals surface area contributed by atoms with Crippen molar-refractivity contribution in [3.05, 3.63) is 88.5 Å². The number of nitrogens with zero attached hydrogens (tertiary/aromatic N) is 9. The van der Waals surface area contributed by atoms with Gasteiger partial charge >= 0.3 is 6.03 Å². The molecule has 0 radical (unpaired) electrons. The van der Waals surface area contributed by atoms with Gasteiger partial charge in [0.1, 0.15) is 29.2 Å². The van der Waals surface area contributed by atoms with E-state index in [-0.39, 0.29) is 31.3 Å². The number of piperazine rings is 2. The minimum atomic E-state index is -3.58. The first kappa shape index (κ1) is 44.6. The summed E-state index contributed by atoms with van der Waals surface area (Å²) in [5.74, 6) is 0.499. The molecule has 0 bridgehead atoms. The number of amides is 4. The van der Waals surface area contributed by atoms with Gasteiger partial charge in [0.2, 0.25) is 21.8 Å². The van der Waals surface area contributed by atoms with Crippen molar-refractivity contribution in [2.45, 2.75) is 37.5 Å². The summed E-state index contributed by atoms with van der Waals surface area (Å²) in [6.45, 7) is 6.79. The summed E-state index contributed by atoms with van der Waals surface area (Å²) in [6, 6.07) is 13.6. The molecule has 4 amide bonds. The van der Waals surface area contributed by atoms with Crippen molar-refractivity contribution >= 4 is 79.2 Å². The zero-order valence-electron chi connectivity index (χ0n) is 35.6. The van der Waals surface area contributed by atoms with Crippen molar-refractivity contribution in [1.29, 1.82) is 0 Å². The van der Waals surface area contributed by atoms with Gasteiger partial charge in [-0.1, -0.05) is 23.2 Å². The number of hydrogen-bond donors (Lipinski definition) is 2. The standard InChI is InChI=1S/C44H48Cl2FN11O6S/c1-28(42-34(45)25-48-26-35(42)46)64-31-4-5-37-33(23-31)43(52-51-37)29-2-7-39(49-24-29)55-18-20-57(21-19-55)65(62,63)32-8-11-56(12-9-32)41(60)27-53-14-16-54(17-15-53)38-6-3-30(22-36(38)47)58-13-10-40(59)50-44(58)61/h2-7,22-26,28,32H,8-21,27H2,1H3,(H,51,52)(H,50,59,61)/t28-/m1/s1. The molecule has 4 aliphatic rings. The molecule has 0 aliphatic carbocycles. The maximum atomic E-state index is 15.2. The van der Waals surface area contributed by atoms with Gasteiger partial charge in [0.15, 0.2) is 0 Å². The summed E-state index contributed by atoms with van der Waals surface area (Å²) in [4.78, 5) is 55.0. The lowest BCUT2D eigenvalue weighted by atomic mass is 10.1. The number of halogens is 3. The fraction of sp³-hybridized carbons (Fsp3) is 0.409. The van der Waals surface area contributed by atoms with Crippen LogP contribution in [0.15, 0.2) is 67.1 Å². The number of nitrogens with one attached hydrogen (secondary N) is 2. The smallest absolute Gasteiger partial charge is 0.328 e. The lowest BCUT2D eigenvalue weighted by molar-refractivity contribution is -0.133. The molecular weight excluding hydrogens is 901 g/mol. The first-order chi connectivity index (χ1) is 31.3. The molecule has 0 saturated carbocycles. The average molecular weight is 949 g/mol. The number of imide groups is 1. The van der Waals surface area contributed by atoms with E-state index in [1.165, 1.54) is 23.4 Å². The van der Waals surface area contributed by atoms with E-state index in [1.54, 1.807) is 27.5 Å². The molecule has 4 fully saturated rings. The van der Waals surface area contributed by atoms with Crippen molar-refractivity contribution in [2.75, 3.05) is 93.2 Å². The molecule has 0 spiro atoms. The predicted molar refractivity (Wildman–Crippen MR) is 245 cm³/mol. The molecule has 5 aromatic rings. The monoisotopic (exact) mass is 947 g/mol. The number of ether oxygens (including phenoxy) is 1. The van der Waals surface area contributed by atoms with Gasteiger partial charge in [-0.2, -0.15) is 9.40 Å². The molecule has 1 atom stereocenters. The molecule has 21 heteroatoms. The SMILES string of the molecule is C[C@@H](Oc1ccc2[nH]nc(-c3ccc(N4CCN(S(=O)(=O)C5CCN(C(=O)CN6CCN(c7ccc(N8CCC(=O)NC8=O)cc7F)CC6)CC5)CC4)nc3)c2c1)c1c(Cl)cncc1Cl. The highest BCUT2D eigenvalue weighted by atomic mass is 35.5. The van der Waals surface area contributed by atoms with E-state index in [4.69, 9.17) is 32.9 Å². The van der Waals surface area contributed by atoms with Crippen LogP contribution in [-0.4, -0.2) is 144 Å². The molecule has 0 unspecified atom stereocenters. The minimum Gasteiger partial charge on any atom is -0.486 e. The third-order valence-electron chi connectivity index (χ3n) is 12.7. The number of rotatable bonds is 11. The van der Waals surface area contributed by atoms with Crippen LogP contribution in [0.5, 0.6) is 5.75 Å². The number of carbonyl (C=O) groups is 3. The van der Waals surface area contributed by atoms with E-state index in [0.717, 1.165) is 22.3 Å². The van der Waals surface area contributed by atoms with Gasteiger partial charge in [-0.05, 0) is 68.3 Å². The Balaban J connectivity index is 0.728. The second-order valence-electron chi connectivity index (χ2n) is 16.6. The van der Waals surface area contributed by atoms with Crippen molar-refractivity contribution < 1.29 is 31.9 Å². The van der Waals surface area contributed by atoms with E-state index >= 15 is 4.39 Å². The predicted octanol–water partition coefficient (Wildman–Crippen LogP) is 5.32. The molecule has 4 aliphatic heterocycles. The van der Waals surface area contributed by atoms with Crippen LogP contribution in [0.3, 0.4) is 0 Å². The van der Waals surface area contributed by atoms with Crippen molar-refractivity contribution in [3.8, 4) is 17.0 Å². The van der Waals surface area contributed by atoms with Crippen LogP contribution in [0.25, 0.3) is 22.2 Å². The van der Waals surface area contributed by atoms with E-state index in [0.29, 0.717) is 117 Å². The van der Waals surface area contributed by atoms with Crippen molar-refractivity contribution in [3.63, 3.8) is 0 Å². The summed E-state index contributed by atoms with van der Waals surface area (Å²) in [6.07, 6.45) is 5.30. The number of likely N-dealkylation sites (tertiary alicyclic amines) is 1. The summed E-state index contributed by atoms with van der Waals surface area (Å²) in [5, 5.41) is 11.0. The second-order valence-corrected chi connectivity index (χ2v) is 19.7. The fourth-order valence-corrected chi connectivity index (χ4v) is 11.6. The summed E-state index contributed by atoms with van der Waals surface area (Å²) >= 11 is 12.7. The van der Waals surface area contributed by atoms with Gasteiger partial charge in [-0.3, -0.25) is 34.8 Å². The number of sulfonamides is 1. The Morgan fingerprint density at radius 3 is 2.28 bits per heavy atom. The van der Waals surface area contributed by atoms with Crippen LogP contribution in [0, 0.1) is 5.82 Å². The molecule has 2 aromatic carbocycles. The van der Waals surface area contributed by atoms with Gasteiger partial charge in [0.05, 0.1) is 33.0 Å². The Morgan fingerprint density at radius 2 is 1.60 bits per heavy atom. The molecule has 17 nitrogen and oxygen atoms in total. The number of urea groups is 1. The van der Waals surface area contributed by atoms with Gasteiger partial charge < -0.3 is 19.4 Å². The second kappa shape index (κ2) is 18.7. The van der Waals surface area contributed by atoms with Gasteiger partial charge in [0, 0.05) is 119 Å². The maximum Gasteiger partial charge on any atom is 0.328 e. The minimum absolute atomic E-state index is 0.0439. The number of hydrogen-bond acceptors (Lipinski definition) is 12. The molecule has 7 heterocycles. The number of aromatic amines is 1. The van der Waals surface area contributed by atoms with Gasteiger partial charge in [-0.15, -0.1) is 0 Å². The summed E-state index contributed by atoms with van der Waals surface area (Å²) in [5.41, 5.74) is 3.80. The topological polar surface area (TPSA) is 181 Å². The quantitative estimate of drug-likeness (QED) is 0.174. The number of benzene rings is 2. The Hall–Kier alpha value is -5.60. The Kier molecular flexibility index (Phi) is 12.8. The fourth-order valence-electron chi connectivity index (χ4n) is 9.03. The molecule has 65 heavy (non-hydrogen) atoms. The average Bonchev–Trinajstić information content (AvgIpc) is 3.73. The highest BCUT2D eigenvalue weighted by Crippen LogP contribution is 2.35. The largest absolute Gasteiger partial charge is 0.486 e. The van der Waals surface area contributed by atoms with E-state index in [2.05, 4.69) is 25.4 Å². The zero-order chi connectivity index (χ0) is 45.4. The van der Waals surface area contributed by atoms with E-state index in [9.17, 15) is 22.8 Å². The number of piperidine rings is 1. The maximum absolute atomic E-state index is 15.2. The Morgan fingerprint density at radius 1 is 0.877 bits per heavy atom.